The molecule has 0 atom stereocenters. The summed E-state index contributed by atoms with van der Waals surface area (Å²) in [6.45, 7) is 4.40. The third-order valence-corrected chi connectivity index (χ3v) is 4.08. The van der Waals surface area contributed by atoms with E-state index in [1.165, 1.54) is 23.5 Å². The Morgan fingerprint density at radius 3 is 2.76 bits per heavy atom. The van der Waals surface area contributed by atoms with Crippen LogP contribution in [0, 0.1) is 5.82 Å². The van der Waals surface area contributed by atoms with Gasteiger partial charge in [-0.2, -0.15) is 0 Å². The van der Waals surface area contributed by atoms with Crippen LogP contribution in [-0.2, 0) is 6.54 Å². The van der Waals surface area contributed by atoms with Crippen molar-refractivity contribution in [2.45, 2.75) is 6.54 Å². The number of anilines is 1. The van der Waals surface area contributed by atoms with Crippen LogP contribution in [0.2, 0.25) is 4.34 Å². The molecular formula is C15H14ClFN2OS. The third-order valence-electron chi connectivity index (χ3n) is 2.86. The zero-order chi connectivity index (χ0) is 15.4. The number of benzene rings is 1. The van der Waals surface area contributed by atoms with E-state index in [1.54, 1.807) is 17.0 Å². The number of nitrogen functional groups attached to an aromatic ring is 1. The van der Waals surface area contributed by atoms with Gasteiger partial charge in [0.05, 0.1) is 16.6 Å². The normalized spacial score (nSPS) is 10.4. The van der Waals surface area contributed by atoms with Crippen molar-refractivity contribution in [1.29, 1.82) is 0 Å². The molecule has 2 aromatic rings. The fraction of sp³-hybridized carbons (Fsp3) is 0.133. The molecule has 3 nitrogen and oxygen atoms in total. The number of carbonyl (C=O) groups excluding carboxylic acids is 1. The molecular weight excluding hydrogens is 311 g/mol. The first-order valence-electron chi connectivity index (χ1n) is 6.20. The number of carbonyl (C=O) groups is 1. The van der Waals surface area contributed by atoms with E-state index in [-0.39, 0.29) is 17.2 Å². The lowest BCUT2D eigenvalue weighted by atomic mass is 10.1. The van der Waals surface area contributed by atoms with Crippen LogP contribution in [0.4, 0.5) is 10.1 Å². The predicted octanol–water partition coefficient (Wildman–Crippen LogP) is 3.95. The van der Waals surface area contributed by atoms with Crippen molar-refractivity contribution in [2.75, 3.05) is 12.3 Å². The lowest BCUT2D eigenvalue weighted by Crippen LogP contribution is -2.30. The molecule has 0 saturated heterocycles. The van der Waals surface area contributed by atoms with Gasteiger partial charge in [-0.3, -0.25) is 4.79 Å². The molecule has 6 heteroatoms. The number of rotatable bonds is 5. The van der Waals surface area contributed by atoms with Gasteiger partial charge in [0.2, 0.25) is 0 Å². The first-order valence-corrected chi connectivity index (χ1v) is 7.40. The number of hydrogen-bond donors (Lipinski definition) is 1. The Morgan fingerprint density at radius 2 is 2.19 bits per heavy atom. The van der Waals surface area contributed by atoms with Crippen molar-refractivity contribution in [2.24, 2.45) is 0 Å². The molecule has 1 amide bonds. The van der Waals surface area contributed by atoms with Crippen LogP contribution in [0.3, 0.4) is 0 Å². The Balaban J connectivity index is 2.22. The fourth-order valence-corrected chi connectivity index (χ4v) is 2.95. The second kappa shape index (κ2) is 6.74. The Morgan fingerprint density at radius 1 is 1.43 bits per heavy atom. The molecule has 0 aliphatic rings. The zero-order valence-corrected chi connectivity index (χ0v) is 12.8. The van der Waals surface area contributed by atoms with Crippen molar-refractivity contribution in [1.82, 2.24) is 4.90 Å². The molecule has 0 spiro atoms. The average Bonchev–Trinajstić information content (AvgIpc) is 2.86. The number of nitrogens with zero attached hydrogens (tertiary/aromatic N) is 1. The lowest BCUT2D eigenvalue weighted by molar-refractivity contribution is 0.0764. The van der Waals surface area contributed by atoms with Crippen molar-refractivity contribution in [3.63, 3.8) is 0 Å². The van der Waals surface area contributed by atoms with Gasteiger partial charge in [-0.1, -0.05) is 17.7 Å². The van der Waals surface area contributed by atoms with Crippen molar-refractivity contribution >= 4 is 34.5 Å². The van der Waals surface area contributed by atoms with Gasteiger partial charge in [0.25, 0.3) is 5.91 Å². The van der Waals surface area contributed by atoms with Crippen LogP contribution in [0.5, 0.6) is 0 Å². The molecule has 1 aromatic carbocycles. The lowest BCUT2D eigenvalue weighted by Gasteiger charge is -2.20. The molecule has 110 valence electrons. The molecule has 0 aliphatic carbocycles. The molecule has 1 heterocycles. The second-order valence-electron chi connectivity index (χ2n) is 4.42. The maximum Gasteiger partial charge on any atom is 0.254 e. The highest BCUT2D eigenvalue weighted by molar-refractivity contribution is 7.16. The number of thiophene rings is 1. The van der Waals surface area contributed by atoms with Gasteiger partial charge in [0.15, 0.2) is 0 Å². The highest BCUT2D eigenvalue weighted by Crippen LogP contribution is 2.23. The minimum absolute atomic E-state index is 0.0202. The summed E-state index contributed by atoms with van der Waals surface area (Å²) >= 11 is 7.29. The summed E-state index contributed by atoms with van der Waals surface area (Å²) in [5.74, 6) is -0.878. The second-order valence-corrected chi connectivity index (χ2v) is 6.22. The summed E-state index contributed by atoms with van der Waals surface area (Å²) in [5, 5.41) is 0. The third kappa shape index (κ3) is 3.83. The van der Waals surface area contributed by atoms with Crippen LogP contribution in [0.1, 0.15) is 15.2 Å². The summed E-state index contributed by atoms with van der Waals surface area (Å²) < 4.78 is 14.1. The highest BCUT2D eigenvalue weighted by Gasteiger charge is 2.17. The minimum atomic E-state index is -0.599. The maximum absolute atomic E-state index is 13.5. The monoisotopic (exact) mass is 324 g/mol. The van der Waals surface area contributed by atoms with Crippen molar-refractivity contribution < 1.29 is 9.18 Å². The Labute approximate surface area is 131 Å². The summed E-state index contributed by atoms with van der Waals surface area (Å²) in [6.07, 6.45) is 1.63. The van der Waals surface area contributed by atoms with Gasteiger partial charge in [-0.25, -0.2) is 4.39 Å². The van der Waals surface area contributed by atoms with Gasteiger partial charge in [0.1, 0.15) is 5.82 Å². The SMILES string of the molecule is C=CCN(Cc1ccc(Cl)s1)C(=O)c1ccc(N)c(F)c1. The van der Waals surface area contributed by atoms with E-state index in [9.17, 15) is 9.18 Å². The standard InChI is InChI=1S/C15H14ClFN2OS/c1-2-7-19(9-11-4-6-14(16)21-11)15(20)10-3-5-13(18)12(17)8-10/h2-6,8H,1,7,9,18H2. The van der Waals surface area contributed by atoms with Crippen LogP contribution >= 0.6 is 22.9 Å². The first kappa shape index (κ1) is 15.5. The molecule has 2 rings (SSSR count). The molecule has 1 aromatic heterocycles. The van der Waals surface area contributed by atoms with E-state index >= 15 is 0 Å². The molecule has 0 aliphatic heterocycles. The summed E-state index contributed by atoms with van der Waals surface area (Å²) in [5.41, 5.74) is 5.70. The number of halogens is 2. The Kier molecular flexibility index (Phi) is 4.98. The Hall–Kier alpha value is -1.85. The molecule has 0 bridgehead atoms. The van der Waals surface area contributed by atoms with E-state index < -0.39 is 5.82 Å². The molecule has 2 N–H and O–H groups in total. The maximum atomic E-state index is 13.5. The average molecular weight is 325 g/mol. The van der Waals surface area contributed by atoms with E-state index in [0.29, 0.717) is 17.4 Å². The molecule has 0 fully saturated rings. The van der Waals surface area contributed by atoms with Crippen molar-refractivity contribution in [3.05, 3.63) is 63.6 Å². The van der Waals surface area contributed by atoms with E-state index in [2.05, 4.69) is 6.58 Å². The summed E-state index contributed by atoms with van der Waals surface area (Å²) in [7, 11) is 0. The first-order chi connectivity index (χ1) is 10.0. The van der Waals surface area contributed by atoms with Crippen molar-refractivity contribution in [3.8, 4) is 0 Å². The van der Waals surface area contributed by atoms with Gasteiger partial charge in [-0.15, -0.1) is 17.9 Å². The van der Waals surface area contributed by atoms with Crippen LogP contribution in [0.25, 0.3) is 0 Å². The molecule has 0 saturated carbocycles. The number of hydrogen-bond acceptors (Lipinski definition) is 3. The number of nitrogens with two attached hydrogens (primary N) is 1. The van der Waals surface area contributed by atoms with Crippen LogP contribution in [0.15, 0.2) is 43.0 Å². The smallest absolute Gasteiger partial charge is 0.254 e. The van der Waals surface area contributed by atoms with E-state index in [1.807, 2.05) is 6.07 Å². The summed E-state index contributed by atoms with van der Waals surface area (Å²) in [6, 6.07) is 7.69. The molecule has 21 heavy (non-hydrogen) atoms. The van der Waals surface area contributed by atoms with Gasteiger partial charge < -0.3 is 10.6 Å². The largest absolute Gasteiger partial charge is 0.396 e. The quantitative estimate of drug-likeness (QED) is 0.668. The van der Waals surface area contributed by atoms with E-state index in [0.717, 1.165) is 10.9 Å². The van der Waals surface area contributed by atoms with Gasteiger partial charge >= 0.3 is 0 Å². The fourth-order valence-electron chi connectivity index (χ4n) is 1.84. The Bertz CT molecular complexity index is 671. The minimum Gasteiger partial charge on any atom is -0.396 e. The topological polar surface area (TPSA) is 46.3 Å². The number of amides is 1. The van der Waals surface area contributed by atoms with Crippen LogP contribution in [-0.4, -0.2) is 17.4 Å². The molecule has 0 radical (unpaired) electrons. The molecule has 0 unspecified atom stereocenters. The van der Waals surface area contributed by atoms with Crippen LogP contribution < -0.4 is 5.73 Å². The van der Waals surface area contributed by atoms with Gasteiger partial charge in [-0.05, 0) is 30.3 Å². The highest BCUT2D eigenvalue weighted by atomic mass is 35.5. The van der Waals surface area contributed by atoms with Gasteiger partial charge in [0, 0.05) is 17.0 Å². The predicted molar refractivity (Wildman–Crippen MR) is 85.1 cm³/mol. The van der Waals surface area contributed by atoms with E-state index in [4.69, 9.17) is 17.3 Å². The summed E-state index contributed by atoms with van der Waals surface area (Å²) in [4.78, 5) is 15.0. The zero-order valence-electron chi connectivity index (χ0n) is 11.2.